The molecule has 0 aliphatic carbocycles. The molecule has 0 amide bonds. The maximum absolute atomic E-state index is 13.7. The molecule has 3 N–H and O–H groups in total. The number of benzene rings is 1. The van der Waals surface area contributed by atoms with E-state index in [1.165, 1.54) is 19.4 Å². The maximum Gasteiger partial charge on any atom is 0.184 e. The van der Waals surface area contributed by atoms with E-state index in [2.05, 4.69) is 38.7 Å². The van der Waals surface area contributed by atoms with Gasteiger partial charge in [0.25, 0.3) is 0 Å². The fourth-order valence-electron chi connectivity index (χ4n) is 0.986. The number of nitrogens with one attached hydrogen (secondary N) is 1. The van der Waals surface area contributed by atoms with Crippen LogP contribution in [0.25, 0.3) is 0 Å². The summed E-state index contributed by atoms with van der Waals surface area (Å²) in [6.45, 7) is 0. The summed E-state index contributed by atoms with van der Waals surface area (Å²) < 4.78 is 19.1. The van der Waals surface area contributed by atoms with Crippen LogP contribution < -0.4 is 15.9 Å². The predicted molar refractivity (Wildman–Crippen MR) is 68.2 cm³/mol. The number of nitrogens with two attached hydrogens (primary N) is 1. The number of thiocarbonyl (C=S) groups is 1. The second kappa shape index (κ2) is 5.76. The van der Waals surface area contributed by atoms with Crippen LogP contribution in [-0.4, -0.2) is 18.4 Å². The maximum atomic E-state index is 13.7. The first-order valence-corrected chi connectivity index (χ1v) is 5.37. The Morgan fingerprint density at radius 1 is 1.69 bits per heavy atom. The van der Waals surface area contributed by atoms with Crippen molar-refractivity contribution in [3.05, 3.63) is 28.0 Å². The van der Waals surface area contributed by atoms with Gasteiger partial charge in [0.05, 0.1) is 13.3 Å². The Kier molecular flexibility index (Phi) is 4.63. The van der Waals surface area contributed by atoms with E-state index in [4.69, 9.17) is 10.5 Å². The molecule has 16 heavy (non-hydrogen) atoms. The number of halogens is 2. The second-order valence-electron chi connectivity index (χ2n) is 2.71. The first-order valence-electron chi connectivity index (χ1n) is 4.16. The second-order valence-corrected chi connectivity index (χ2v) is 4.01. The molecule has 0 atom stereocenters. The zero-order valence-corrected chi connectivity index (χ0v) is 10.7. The molecule has 0 spiro atoms. The summed E-state index contributed by atoms with van der Waals surface area (Å²) in [5.74, 6) is -0.370. The highest BCUT2D eigenvalue weighted by Crippen LogP contribution is 2.25. The van der Waals surface area contributed by atoms with Gasteiger partial charge in [-0.2, -0.15) is 5.10 Å². The molecule has 1 aromatic carbocycles. The zero-order valence-electron chi connectivity index (χ0n) is 8.33. The van der Waals surface area contributed by atoms with Crippen molar-refractivity contribution < 1.29 is 9.13 Å². The van der Waals surface area contributed by atoms with Gasteiger partial charge in [0.1, 0.15) is 0 Å². The van der Waals surface area contributed by atoms with Crippen molar-refractivity contribution >= 4 is 39.5 Å². The molecular formula is C9H9BrFN3OS. The minimum atomic E-state index is -0.509. The lowest BCUT2D eigenvalue weighted by molar-refractivity contribution is 0.386. The molecule has 0 fully saturated rings. The quantitative estimate of drug-likeness (QED) is 0.507. The molecule has 1 aromatic rings. The number of rotatable bonds is 3. The molecule has 0 unspecified atom stereocenters. The smallest absolute Gasteiger partial charge is 0.184 e. The van der Waals surface area contributed by atoms with Gasteiger partial charge in [0, 0.05) is 10.0 Å². The molecule has 4 nitrogen and oxygen atoms in total. The van der Waals surface area contributed by atoms with E-state index in [1.54, 1.807) is 6.07 Å². The number of hydrogen-bond acceptors (Lipinski definition) is 3. The highest BCUT2D eigenvalue weighted by Gasteiger charge is 2.10. The van der Waals surface area contributed by atoms with Crippen molar-refractivity contribution in [1.82, 2.24) is 5.43 Å². The molecule has 0 bridgehead atoms. The molecule has 7 heteroatoms. The normalized spacial score (nSPS) is 10.4. The SMILES string of the molecule is COc1ccc(Br)c(C=NNC(N)=S)c1F. The lowest BCUT2D eigenvalue weighted by atomic mass is 10.2. The van der Waals surface area contributed by atoms with Gasteiger partial charge in [0.2, 0.25) is 0 Å². The van der Waals surface area contributed by atoms with Gasteiger partial charge < -0.3 is 10.5 Å². The minimum absolute atomic E-state index is 0.00989. The summed E-state index contributed by atoms with van der Waals surface area (Å²) in [6, 6.07) is 3.17. The van der Waals surface area contributed by atoms with Gasteiger partial charge >= 0.3 is 0 Å². The Morgan fingerprint density at radius 2 is 2.38 bits per heavy atom. The molecule has 0 radical (unpaired) electrons. The van der Waals surface area contributed by atoms with Crippen molar-refractivity contribution in [3.63, 3.8) is 0 Å². The number of hydrogen-bond donors (Lipinski definition) is 2. The Labute approximate surface area is 106 Å². The van der Waals surface area contributed by atoms with Crippen LogP contribution in [0.1, 0.15) is 5.56 Å². The van der Waals surface area contributed by atoms with E-state index in [9.17, 15) is 4.39 Å². The fourth-order valence-corrected chi connectivity index (χ4v) is 1.45. The van der Waals surface area contributed by atoms with E-state index < -0.39 is 5.82 Å². The average Bonchev–Trinajstić information content (AvgIpc) is 2.23. The molecule has 1 rings (SSSR count). The molecule has 0 aliphatic heterocycles. The Bertz CT molecular complexity index is 439. The van der Waals surface area contributed by atoms with Gasteiger partial charge in [-0.3, -0.25) is 5.43 Å². The monoisotopic (exact) mass is 305 g/mol. The van der Waals surface area contributed by atoms with Crippen molar-refractivity contribution in [2.75, 3.05) is 7.11 Å². The van der Waals surface area contributed by atoms with Crippen LogP contribution in [-0.2, 0) is 0 Å². The van der Waals surface area contributed by atoms with Crippen LogP contribution in [0.2, 0.25) is 0 Å². The number of hydrazone groups is 1. The van der Waals surface area contributed by atoms with Crippen LogP contribution in [0.3, 0.4) is 0 Å². The van der Waals surface area contributed by atoms with Crippen molar-refractivity contribution in [2.45, 2.75) is 0 Å². The summed E-state index contributed by atoms with van der Waals surface area (Å²) in [7, 11) is 1.39. The van der Waals surface area contributed by atoms with Gasteiger partial charge in [-0.25, -0.2) is 4.39 Å². The summed E-state index contributed by atoms with van der Waals surface area (Å²) in [6.07, 6.45) is 1.26. The zero-order chi connectivity index (χ0) is 12.1. The largest absolute Gasteiger partial charge is 0.494 e. The topological polar surface area (TPSA) is 59.6 Å². The summed E-state index contributed by atoms with van der Waals surface area (Å²) in [5, 5.41) is 3.68. The highest BCUT2D eigenvalue weighted by atomic mass is 79.9. The standard InChI is InChI=1S/C9H9BrFN3OS/c1-15-7-3-2-6(10)5(8(7)11)4-13-14-9(12)16/h2-4H,1H3,(H3,12,14,16). The first-order chi connectivity index (χ1) is 7.56. The Hall–Kier alpha value is -1.21. The van der Waals surface area contributed by atoms with Crippen LogP contribution in [0.4, 0.5) is 4.39 Å². The third-order valence-electron chi connectivity index (χ3n) is 1.68. The van der Waals surface area contributed by atoms with E-state index in [0.717, 1.165) is 0 Å². The summed E-state index contributed by atoms with van der Waals surface area (Å²) in [5.41, 5.74) is 7.75. The van der Waals surface area contributed by atoms with Crippen molar-refractivity contribution in [3.8, 4) is 5.75 Å². The average molecular weight is 306 g/mol. The Balaban J connectivity index is 3.02. The van der Waals surface area contributed by atoms with Crippen molar-refractivity contribution in [2.24, 2.45) is 10.8 Å². The molecule has 0 aliphatic rings. The fraction of sp³-hybridized carbons (Fsp3) is 0.111. The van der Waals surface area contributed by atoms with Crippen LogP contribution in [0.5, 0.6) is 5.75 Å². The first kappa shape index (κ1) is 12.9. The molecular weight excluding hydrogens is 297 g/mol. The number of methoxy groups -OCH3 is 1. The molecule has 0 aromatic heterocycles. The number of nitrogens with zero attached hydrogens (tertiary/aromatic N) is 1. The lowest BCUT2D eigenvalue weighted by Crippen LogP contribution is -2.24. The lowest BCUT2D eigenvalue weighted by Gasteiger charge is -2.05. The molecule has 0 heterocycles. The van der Waals surface area contributed by atoms with Crippen LogP contribution in [0.15, 0.2) is 21.7 Å². The van der Waals surface area contributed by atoms with Crippen LogP contribution in [0, 0.1) is 5.82 Å². The van der Waals surface area contributed by atoms with Gasteiger partial charge in [-0.05, 0) is 24.4 Å². The van der Waals surface area contributed by atoms with Gasteiger partial charge in [-0.15, -0.1) is 0 Å². The van der Waals surface area contributed by atoms with E-state index in [0.29, 0.717) is 4.47 Å². The van der Waals surface area contributed by atoms with Crippen molar-refractivity contribution in [1.29, 1.82) is 0 Å². The highest BCUT2D eigenvalue weighted by molar-refractivity contribution is 9.10. The summed E-state index contributed by atoms with van der Waals surface area (Å²) >= 11 is 7.75. The molecule has 0 saturated heterocycles. The van der Waals surface area contributed by atoms with E-state index in [1.807, 2.05) is 0 Å². The third kappa shape index (κ3) is 3.14. The Morgan fingerprint density at radius 3 is 2.94 bits per heavy atom. The minimum Gasteiger partial charge on any atom is -0.494 e. The van der Waals surface area contributed by atoms with E-state index >= 15 is 0 Å². The molecule has 86 valence electrons. The van der Waals surface area contributed by atoms with Gasteiger partial charge in [0.15, 0.2) is 16.7 Å². The predicted octanol–water partition coefficient (Wildman–Crippen LogP) is 1.76. The number of ether oxygens (including phenoxy) is 1. The molecule has 0 saturated carbocycles. The van der Waals surface area contributed by atoms with Gasteiger partial charge in [-0.1, -0.05) is 15.9 Å². The van der Waals surface area contributed by atoms with E-state index in [-0.39, 0.29) is 16.4 Å². The third-order valence-corrected chi connectivity index (χ3v) is 2.46. The summed E-state index contributed by atoms with van der Waals surface area (Å²) in [4.78, 5) is 0. The van der Waals surface area contributed by atoms with Crippen LogP contribution >= 0.6 is 28.1 Å².